The zero-order chi connectivity index (χ0) is 11.5. The number of aliphatic hydroxyl groups excluding tert-OH is 1. The van der Waals surface area contributed by atoms with E-state index in [1.165, 1.54) is 15.6 Å². The summed E-state index contributed by atoms with van der Waals surface area (Å²) in [4.78, 5) is 2.01. The minimum Gasteiger partial charge on any atom is -0.391 e. The van der Waals surface area contributed by atoms with Crippen LogP contribution in [-0.4, -0.2) is 36.8 Å². The lowest BCUT2D eigenvalue weighted by molar-refractivity contribution is 0.137. The van der Waals surface area contributed by atoms with Gasteiger partial charge in [0.15, 0.2) is 0 Å². The minimum absolute atomic E-state index is 0.284. The molecule has 0 amide bonds. The van der Waals surface area contributed by atoms with E-state index in [9.17, 15) is 5.11 Å². The second-order valence-electron chi connectivity index (χ2n) is 4.38. The monoisotopic (exact) mass is 235 g/mol. The van der Waals surface area contributed by atoms with Gasteiger partial charge >= 0.3 is 0 Å². The minimum atomic E-state index is -0.284. The van der Waals surface area contributed by atoms with Crippen LogP contribution >= 0.6 is 11.3 Å². The molecule has 0 fully saturated rings. The summed E-state index contributed by atoms with van der Waals surface area (Å²) in [6.07, 6.45) is 0.454. The predicted molar refractivity (Wildman–Crippen MR) is 70.1 cm³/mol. The fraction of sp³-hybridized carbons (Fsp3) is 0.385. The third-order valence-electron chi connectivity index (χ3n) is 2.59. The molecule has 2 nitrogen and oxygen atoms in total. The van der Waals surface area contributed by atoms with Crippen LogP contribution in [0.5, 0.6) is 0 Å². The molecule has 0 saturated carbocycles. The van der Waals surface area contributed by atoms with Crippen LogP contribution in [0.4, 0.5) is 0 Å². The van der Waals surface area contributed by atoms with Crippen molar-refractivity contribution in [1.82, 2.24) is 4.90 Å². The fourth-order valence-corrected chi connectivity index (χ4v) is 2.91. The van der Waals surface area contributed by atoms with Gasteiger partial charge in [-0.15, -0.1) is 11.3 Å². The first-order valence-corrected chi connectivity index (χ1v) is 6.32. The van der Waals surface area contributed by atoms with Crippen LogP contribution in [0.25, 0.3) is 10.1 Å². The highest BCUT2D eigenvalue weighted by Gasteiger charge is 2.10. The Kier molecular flexibility index (Phi) is 3.59. The van der Waals surface area contributed by atoms with E-state index in [-0.39, 0.29) is 6.10 Å². The molecular formula is C13H17NOS. The average Bonchev–Trinajstić information content (AvgIpc) is 2.61. The molecule has 0 aliphatic carbocycles. The molecule has 0 saturated heterocycles. The summed E-state index contributed by atoms with van der Waals surface area (Å²) in [5, 5.41) is 13.4. The number of benzene rings is 1. The zero-order valence-corrected chi connectivity index (χ0v) is 10.5. The van der Waals surface area contributed by atoms with Gasteiger partial charge in [-0.1, -0.05) is 18.2 Å². The summed E-state index contributed by atoms with van der Waals surface area (Å²) in [7, 11) is 3.96. The van der Waals surface area contributed by atoms with E-state index >= 15 is 0 Å². The van der Waals surface area contributed by atoms with Gasteiger partial charge in [-0.2, -0.15) is 0 Å². The van der Waals surface area contributed by atoms with Gasteiger partial charge in [-0.05, 0) is 36.5 Å². The second-order valence-corrected chi connectivity index (χ2v) is 5.29. The molecule has 86 valence electrons. The van der Waals surface area contributed by atoms with Gasteiger partial charge in [-0.3, -0.25) is 0 Å². The summed E-state index contributed by atoms with van der Waals surface area (Å²) >= 11 is 1.75. The lowest BCUT2D eigenvalue weighted by atomic mass is 10.1. The molecule has 0 aliphatic heterocycles. The van der Waals surface area contributed by atoms with Crippen LogP contribution in [0, 0.1) is 0 Å². The smallest absolute Gasteiger partial charge is 0.0707 e. The number of nitrogens with zero attached hydrogens (tertiary/aromatic N) is 1. The predicted octanol–water partition coefficient (Wildman–Crippen LogP) is 2.37. The Morgan fingerprint density at radius 2 is 2.06 bits per heavy atom. The largest absolute Gasteiger partial charge is 0.391 e. The Labute approximate surface area is 100 Å². The number of fused-ring (bicyclic) bond motifs is 1. The van der Waals surface area contributed by atoms with Crippen LogP contribution < -0.4 is 0 Å². The van der Waals surface area contributed by atoms with Gasteiger partial charge in [-0.25, -0.2) is 0 Å². The molecule has 2 aromatic rings. The van der Waals surface area contributed by atoms with Crippen LogP contribution in [0.1, 0.15) is 5.56 Å². The lowest BCUT2D eigenvalue weighted by Gasteiger charge is -2.15. The van der Waals surface area contributed by atoms with Gasteiger partial charge in [0.2, 0.25) is 0 Å². The molecule has 2 rings (SSSR count). The molecular weight excluding hydrogens is 218 g/mol. The van der Waals surface area contributed by atoms with E-state index in [0.717, 1.165) is 6.42 Å². The molecule has 1 unspecified atom stereocenters. The highest BCUT2D eigenvalue weighted by atomic mass is 32.1. The maximum Gasteiger partial charge on any atom is 0.0707 e. The molecule has 0 spiro atoms. The van der Waals surface area contributed by atoms with E-state index in [1.807, 2.05) is 19.0 Å². The number of thiophene rings is 1. The number of likely N-dealkylation sites (N-methyl/N-ethyl adjacent to an activating group) is 1. The van der Waals surface area contributed by atoms with Crippen LogP contribution in [-0.2, 0) is 6.42 Å². The van der Waals surface area contributed by atoms with Gasteiger partial charge in [0.1, 0.15) is 0 Å². The number of hydrogen-bond donors (Lipinski definition) is 1. The molecule has 1 N–H and O–H groups in total. The van der Waals surface area contributed by atoms with Crippen molar-refractivity contribution < 1.29 is 5.11 Å². The van der Waals surface area contributed by atoms with Crippen molar-refractivity contribution >= 4 is 21.4 Å². The van der Waals surface area contributed by atoms with Crippen LogP contribution in [0.3, 0.4) is 0 Å². The molecule has 0 aliphatic rings. The Morgan fingerprint density at radius 3 is 2.81 bits per heavy atom. The highest BCUT2D eigenvalue weighted by molar-refractivity contribution is 7.17. The summed E-state index contributed by atoms with van der Waals surface area (Å²) in [5.41, 5.74) is 1.26. The van der Waals surface area contributed by atoms with Crippen molar-refractivity contribution in [2.45, 2.75) is 12.5 Å². The SMILES string of the molecule is CN(C)CC(O)Cc1csc2ccccc12. The maximum absolute atomic E-state index is 9.91. The van der Waals surface area contributed by atoms with Crippen molar-refractivity contribution in [2.24, 2.45) is 0 Å². The number of hydrogen-bond acceptors (Lipinski definition) is 3. The second kappa shape index (κ2) is 4.95. The lowest BCUT2D eigenvalue weighted by Crippen LogP contribution is -2.27. The number of rotatable bonds is 4. The van der Waals surface area contributed by atoms with Crippen LogP contribution in [0.15, 0.2) is 29.6 Å². The average molecular weight is 235 g/mol. The van der Waals surface area contributed by atoms with Gasteiger partial charge in [0.25, 0.3) is 0 Å². The van der Waals surface area contributed by atoms with E-state index in [2.05, 4.69) is 29.6 Å². The Balaban J connectivity index is 2.15. The summed E-state index contributed by atoms with van der Waals surface area (Å²) in [6.45, 7) is 0.712. The maximum atomic E-state index is 9.91. The highest BCUT2D eigenvalue weighted by Crippen LogP contribution is 2.26. The topological polar surface area (TPSA) is 23.5 Å². The Bertz CT molecular complexity index is 464. The van der Waals surface area contributed by atoms with Gasteiger partial charge in [0.05, 0.1) is 6.10 Å². The summed E-state index contributed by atoms with van der Waals surface area (Å²) < 4.78 is 1.30. The molecule has 1 atom stereocenters. The standard InChI is InChI=1S/C13H17NOS/c1-14(2)8-11(15)7-10-9-16-13-6-4-3-5-12(10)13/h3-6,9,11,15H,7-8H2,1-2H3. The summed E-state index contributed by atoms with van der Waals surface area (Å²) in [6, 6.07) is 8.36. The van der Waals surface area contributed by atoms with Gasteiger partial charge in [0, 0.05) is 17.7 Å². The van der Waals surface area contributed by atoms with E-state index in [1.54, 1.807) is 11.3 Å². The molecule has 1 aromatic heterocycles. The van der Waals surface area contributed by atoms with E-state index in [4.69, 9.17) is 0 Å². The quantitative estimate of drug-likeness (QED) is 0.879. The third-order valence-corrected chi connectivity index (χ3v) is 3.60. The third kappa shape index (κ3) is 2.61. The molecule has 1 heterocycles. The first kappa shape index (κ1) is 11.6. The Morgan fingerprint density at radius 1 is 1.31 bits per heavy atom. The zero-order valence-electron chi connectivity index (χ0n) is 9.68. The first-order valence-electron chi connectivity index (χ1n) is 5.44. The molecule has 0 radical (unpaired) electrons. The van der Waals surface area contributed by atoms with Crippen molar-refractivity contribution in [1.29, 1.82) is 0 Å². The summed E-state index contributed by atoms with van der Waals surface area (Å²) in [5.74, 6) is 0. The molecule has 3 heteroatoms. The molecule has 0 bridgehead atoms. The fourth-order valence-electron chi connectivity index (χ4n) is 1.93. The van der Waals surface area contributed by atoms with Crippen molar-refractivity contribution in [3.05, 3.63) is 35.2 Å². The number of aliphatic hydroxyl groups is 1. The Hall–Kier alpha value is -0.900. The molecule has 16 heavy (non-hydrogen) atoms. The van der Waals surface area contributed by atoms with Gasteiger partial charge < -0.3 is 10.0 Å². The van der Waals surface area contributed by atoms with E-state index in [0.29, 0.717) is 6.54 Å². The normalized spacial score (nSPS) is 13.5. The molecule has 1 aromatic carbocycles. The van der Waals surface area contributed by atoms with E-state index < -0.39 is 0 Å². The van der Waals surface area contributed by atoms with Crippen molar-refractivity contribution in [3.63, 3.8) is 0 Å². The van der Waals surface area contributed by atoms with Crippen LogP contribution in [0.2, 0.25) is 0 Å². The van der Waals surface area contributed by atoms with Crippen molar-refractivity contribution in [2.75, 3.05) is 20.6 Å². The van der Waals surface area contributed by atoms with Crippen molar-refractivity contribution in [3.8, 4) is 0 Å². The first-order chi connectivity index (χ1) is 7.66.